The summed E-state index contributed by atoms with van der Waals surface area (Å²) in [7, 11) is -3.33. The number of rotatable bonds is 2. The number of nitrogens with zero attached hydrogens (tertiary/aromatic N) is 2. The molecule has 1 fully saturated rings. The summed E-state index contributed by atoms with van der Waals surface area (Å²) in [6, 6.07) is 0. The van der Waals surface area contributed by atoms with Gasteiger partial charge in [0.25, 0.3) is 0 Å². The summed E-state index contributed by atoms with van der Waals surface area (Å²) in [4.78, 5) is 2.29. The van der Waals surface area contributed by atoms with E-state index in [1.54, 1.807) is 0 Å². The average Bonchev–Trinajstić information content (AvgIpc) is 2.57. The molecule has 0 saturated carbocycles. The Hall–Kier alpha value is -0.470. The summed E-state index contributed by atoms with van der Waals surface area (Å²) in [5, 5.41) is 1.64. The van der Waals surface area contributed by atoms with E-state index in [4.69, 9.17) is 5.73 Å². The lowest BCUT2D eigenvalue weighted by Gasteiger charge is -2.35. The molecule has 0 aliphatic carbocycles. The van der Waals surface area contributed by atoms with Crippen molar-refractivity contribution in [2.75, 3.05) is 30.0 Å². The van der Waals surface area contributed by atoms with E-state index in [1.807, 2.05) is 11.8 Å². The number of thioether (sulfide) groups is 1. The zero-order valence-electron chi connectivity index (χ0n) is 10.6. The first-order chi connectivity index (χ1) is 8.29. The maximum atomic E-state index is 11.8. The molecule has 0 bridgehead atoms. The van der Waals surface area contributed by atoms with Crippen LogP contribution < -0.4 is 10.6 Å². The van der Waals surface area contributed by atoms with Crippen LogP contribution in [0.3, 0.4) is 0 Å². The van der Waals surface area contributed by atoms with E-state index >= 15 is 0 Å². The van der Waals surface area contributed by atoms with Crippen LogP contribution in [0, 0.1) is 0 Å². The molecule has 1 aliphatic heterocycles. The molecule has 1 aromatic rings. The quantitative estimate of drug-likeness (QED) is 0.891. The number of aromatic nitrogens is 1. The van der Waals surface area contributed by atoms with Gasteiger partial charge in [0.2, 0.25) is 0 Å². The second-order valence-electron chi connectivity index (χ2n) is 4.64. The lowest BCUT2D eigenvalue weighted by molar-refractivity contribution is 0.601. The first-order valence-electron chi connectivity index (χ1n) is 5.64. The summed E-state index contributed by atoms with van der Waals surface area (Å²) in [6.07, 6.45) is 1.18. The van der Waals surface area contributed by atoms with Gasteiger partial charge in [0, 0.05) is 29.8 Å². The number of sulfone groups is 1. The normalized spacial score (nSPS) is 25.4. The highest BCUT2D eigenvalue weighted by Gasteiger charge is 2.30. The van der Waals surface area contributed by atoms with E-state index in [-0.39, 0.29) is 10.7 Å². The number of hydrogen-bond donors (Lipinski definition) is 1. The van der Waals surface area contributed by atoms with E-state index in [0.29, 0.717) is 15.5 Å². The molecule has 2 rings (SSSR count). The zero-order valence-corrected chi connectivity index (χ0v) is 13.0. The Balaban J connectivity index is 2.40. The summed E-state index contributed by atoms with van der Waals surface area (Å²) < 4.78 is 27.6. The molecule has 2 heterocycles. The largest absolute Gasteiger partial charge is 0.382 e. The van der Waals surface area contributed by atoms with Gasteiger partial charge in [-0.25, -0.2) is 8.42 Å². The Kier molecular flexibility index (Phi) is 3.80. The van der Waals surface area contributed by atoms with Gasteiger partial charge in [-0.2, -0.15) is 16.1 Å². The summed E-state index contributed by atoms with van der Waals surface area (Å²) in [5.41, 5.74) is 5.69. The number of hydrogen-bond acceptors (Lipinski definition) is 7. The predicted molar refractivity (Wildman–Crippen MR) is 78.4 cm³/mol. The molecule has 2 N–H and O–H groups in total. The smallest absolute Gasteiger partial charge is 0.182 e. The second kappa shape index (κ2) is 4.90. The van der Waals surface area contributed by atoms with Gasteiger partial charge in [0.05, 0.1) is 0 Å². The zero-order chi connectivity index (χ0) is 13.5. The molecule has 1 aliphatic rings. The van der Waals surface area contributed by atoms with E-state index in [1.165, 1.54) is 17.8 Å². The van der Waals surface area contributed by atoms with Crippen LogP contribution in [0.4, 0.5) is 10.8 Å². The van der Waals surface area contributed by atoms with Crippen molar-refractivity contribution in [1.82, 2.24) is 4.37 Å². The Morgan fingerprint density at radius 2 is 1.89 bits per heavy atom. The third-order valence-electron chi connectivity index (χ3n) is 2.73. The van der Waals surface area contributed by atoms with Crippen molar-refractivity contribution in [2.24, 2.45) is 0 Å². The van der Waals surface area contributed by atoms with E-state index in [0.717, 1.165) is 13.1 Å². The Bertz CT molecular complexity index is 531. The standard InChI is InChI=1S/C10H17N3O2S3/c1-6-4-13(5-7(2)16-6)10-8(18(3,14)15)9(11)12-17-10/h6-7H,4-5H2,1-3H3,(H2,11,12). The maximum Gasteiger partial charge on any atom is 0.182 e. The first-order valence-corrected chi connectivity index (χ1v) is 9.25. The third-order valence-corrected chi connectivity index (χ3v) is 6.16. The van der Waals surface area contributed by atoms with Crippen LogP contribution in [0.5, 0.6) is 0 Å². The lowest BCUT2D eigenvalue weighted by atomic mass is 10.3. The van der Waals surface area contributed by atoms with Gasteiger partial charge in [0.1, 0.15) is 9.90 Å². The highest BCUT2D eigenvalue weighted by atomic mass is 32.2. The molecule has 1 aromatic heterocycles. The van der Waals surface area contributed by atoms with Crippen molar-refractivity contribution < 1.29 is 8.42 Å². The molecule has 2 unspecified atom stereocenters. The van der Waals surface area contributed by atoms with Crippen molar-refractivity contribution >= 4 is 44.0 Å². The van der Waals surface area contributed by atoms with Crippen LogP contribution in [-0.2, 0) is 9.84 Å². The van der Waals surface area contributed by atoms with Crippen LogP contribution in [0.1, 0.15) is 13.8 Å². The number of nitrogen functional groups attached to an aromatic ring is 1. The van der Waals surface area contributed by atoms with Crippen molar-refractivity contribution in [3.05, 3.63) is 0 Å². The van der Waals surface area contributed by atoms with Gasteiger partial charge < -0.3 is 10.6 Å². The Labute approximate surface area is 116 Å². The third kappa shape index (κ3) is 2.75. The molecular weight excluding hydrogens is 290 g/mol. The predicted octanol–water partition coefficient (Wildman–Crippen LogP) is 1.46. The average molecular weight is 307 g/mol. The summed E-state index contributed by atoms with van der Waals surface area (Å²) in [5.74, 6) is 0.121. The number of nitrogens with two attached hydrogens (primary N) is 1. The molecule has 8 heteroatoms. The summed E-state index contributed by atoms with van der Waals surface area (Å²) >= 11 is 3.10. The topological polar surface area (TPSA) is 76.3 Å². The van der Waals surface area contributed by atoms with Gasteiger partial charge in [0.15, 0.2) is 15.7 Å². The number of anilines is 2. The second-order valence-corrected chi connectivity index (χ2v) is 9.22. The minimum Gasteiger partial charge on any atom is -0.382 e. The molecule has 1 saturated heterocycles. The Morgan fingerprint density at radius 1 is 1.33 bits per heavy atom. The Morgan fingerprint density at radius 3 is 2.39 bits per heavy atom. The van der Waals surface area contributed by atoms with E-state index in [9.17, 15) is 8.42 Å². The van der Waals surface area contributed by atoms with E-state index in [2.05, 4.69) is 23.1 Å². The van der Waals surface area contributed by atoms with Crippen molar-refractivity contribution in [2.45, 2.75) is 29.2 Å². The van der Waals surface area contributed by atoms with Gasteiger partial charge in [-0.1, -0.05) is 13.8 Å². The van der Waals surface area contributed by atoms with Crippen molar-refractivity contribution in [3.8, 4) is 0 Å². The molecule has 0 spiro atoms. The highest BCUT2D eigenvalue weighted by molar-refractivity contribution is 8.00. The van der Waals surface area contributed by atoms with Crippen LogP contribution in [0.2, 0.25) is 0 Å². The van der Waals surface area contributed by atoms with Crippen LogP contribution in [0.25, 0.3) is 0 Å². The van der Waals surface area contributed by atoms with Gasteiger partial charge in [-0.15, -0.1) is 0 Å². The molecule has 0 radical (unpaired) electrons. The molecule has 0 amide bonds. The lowest BCUT2D eigenvalue weighted by Crippen LogP contribution is -2.40. The fourth-order valence-corrected chi connectivity index (χ4v) is 5.73. The fourth-order valence-electron chi connectivity index (χ4n) is 2.18. The minimum absolute atomic E-state index is 0.121. The van der Waals surface area contributed by atoms with Crippen molar-refractivity contribution in [3.63, 3.8) is 0 Å². The summed E-state index contributed by atoms with van der Waals surface area (Å²) in [6.45, 7) is 5.97. The highest BCUT2D eigenvalue weighted by Crippen LogP contribution is 2.38. The monoisotopic (exact) mass is 307 g/mol. The van der Waals surface area contributed by atoms with E-state index < -0.39 is 9.84 Å². The van der Waals surface area contributed by atoms with Gasteiger partial charge in [-0.05, 0) is 11.5 Å². The molecule has 2 atom stereocenters. The minimum atomic E-state index is -3.33. The molecule has 0 aromatic carbocycles. The molecule has 5 nitrogen and oxygen atoms in total. The van der Waals surface area contributed by atoms with Gasteiger partial charge in [-0.3, -0.25) is 0 Å². The maximum absolute atomic E-state index is 11.8. The van der Waals surface area contributed by atoms with Crippen molar-refractivity contribution in [1.29, 1.82) is 0 Å². The van der Waals surface area contributed by atoms with Crippen LogP contribution in [-0.4, -0.2) is 42.6 Å². The molecule has 102 valence electrons. The van der Waals surface area contributed by atoms with Gasteiger partial charge >= 0.3 is 0 Å². The van der Waals surface area contributed by atoms with Crippen LogP contribution >= 0.6 is 23.3 Å². The molecule has 18 heavy (non-hydrogen) atoms. The fraction of sp³-hybridized carbons (Fsp3) is 0.700. The SMILES string of the molecule is CC1CN(c2snc(N)c2S(C)(=O)=O)CC(C)S1. The van der Waals surface area contributed by atoms with Crippen LogP contribution in [0.15, 0.2) is 4.90 Å². The molecular formula is C10H17N3O2S3. The first kappa shape index (κ1) is 14.0.